The zero-order chi connectivity index (χ0) is 15.5. The predicted octanol–water partition coefficient (Wildman–Crippen LogP) is 2.83. The number of amides is 1. The Bertz CT molecular complexity index is 496. The van der Waals surface area contributed by atoms with Crippen molar-refractivity contribution in [2.75, 3.05) is 13.1 Å². The summed E-state index contributed by atoms with van der Waals surface area (Å²) in [6, 6.07) is 0. The minimum Gasteiger partial charge on any atom is -0.343 e. The second kappa shape index (κ2) is 6.41. The van der Waals surface area contributed by atoms with Crippen LogP contribution in [0.4, 0.5) is 13.2 Å². The van der Waals surface area contributed by atoms with Gasteiger partial charge in [0.15, 0.2) is 0 Å². The summed E-state index contributed by atoms with van der Waals surface area (Å²) < 4.78 is 36.4. The third-order valence-corrected chi connectivity index (χ3v) is 3.79. The van der Waals surface area contributed by atoms with Gasteiger partial charge in [0, 0.05) is 37.3 Å². The van der Waals surface area contributed by atoms with E-state index in [1.807, 2.05) is 6.92 Å². The molecule has 0 bridgehead atoms. The topological polar surface area (TPSA) is 46.1 Å². The Morgan fingerprint density at radius 3 is 2.62 bits per heavy atom. The first-order chi connectivity index (χ1) is 9.87. The fraction of sp³-hybridized carbons (Fsp3) is 0.643. The van der Waals surface area contributed by atoms with Gasteiger partial charge in [0.2, 0.25) is 5.91 Å². The van der Waals surface area contributed by atoms with E-state index in [0.29, 0.717) is 13.1 Å². The first-order valence-corrected chi connectivity index (χ1v) is 6.98. The maximum absolute atomic E-state index is 12.1. The normalized spacial score (nSPS) is 17.0. The highest BCUT2D eigenvalue weighted by atomic mass is 19.4. The predicted molar refractivity (Wildman–Crippen MR) is 70.6 cm³/mol. The van der Waals surface area contributed by atoms with Crippen LogP contribution in [0.5, 0.6) is 0 Å². The highest BCUT2D eigenvalue weighted by Gasteiger charge is 2.31. The lowest BCUT2D eigenvalue weighted by atomic mass is 9.91. The second-order valence-electron chi connectivity index (χ2n) is 5.36. The van der Waals surface area contributed by atoms with Gasteiger partial charge >= 0.3 is 6.18 Å². The van der Waals surface area contributed by atoms with Crippen LogP contribution in [0.1, 0.15) is 42.9 Å². The molecule has 7 heteroatoms. The molecule has 0 spiro atoms. The van der Waals surface area contributed by atoms with Crippen molar-refractivity contribution in [2.45, 2.75) is 44.7 Å². The Balaban J connectivity index is 1.86. The van der Waals surface area contributed by atoms with Crippen LogP contribution >= 0.6 is 0 Å². The van der Waals surface area contributed by atoms with Gasteiger partial charge in [-0.2, -0.15) is 13.2 Å². The number of carbonyl (C=O) groups is 1. The minimum atomic E-state index is -4.27. The van der Waals surface area contributed by atoms with Gasteiger partial charge in [-0.3, -0.25) is 4.79 Å². The van der Waals surface area contributed by atoms with Crippen molar-refractivity contribution in [1.29, 1.82) is 0 Å². The van der Waals surface area contributed by atoms with Gasteiger partial charge in [0.25, 0.3) is 0 Å². The molecule has 0 saturated carbocycles. The molecule has 1 aliphatic rings. The maximum Gasteiger partial charge on any atom is 0.389 e. The van der Waals surface area contributed by atoms with E-state index in [-0.39, 0.29) is 5.92 Å². The van der Waals surface area contributed by atoms with Crippen LogP contribution < -0.4 is 0 Å². The molecule has 0 unspecified atom stereocenters. The zero-order valence-electron chi connectivity index (χ0n) is 11.9. The molecule has 0 aliphatic carbocycles. The largest absolute Gasteiger partial charge is 0.389 e. The molecule has 1 aromatic rings. The third kappa shape index (κ3) is 4.41. The van der Waals surface area contributed by atoms with Crippen LogP contribution in [0.25, 0.3) is 0 Å². The summed E-state index contributed by atoms with van der Waals surface area (Å²) in [7, 11) is 0. The molecule has 0 N–H and O–H groups in total. The molecule has 1 aliphatic heterocycles. The smallest absolute Gasteiger partial charge is 0.343 e. The van der Waals surface area contributed by atoms with Crippen LogP contribution in [0.2, 0.25) is 0 Å². The second-order valence-corrected chi connectivity index (χ2v) is 5.36. The third-order valence-electron chi connectivity index (χ3n) is 3.79. The van der Waals surface area contributed by atoms with E-state index in [4.69, 9.17) is 0 Å². The van der Waals surface area contributed by atoms with E-state index in [9.17, 15) is 18.0 Å². The number of alkyl halides is 3. The van der Waals surface area contributed by atoms with Gasteiger partial charge < -0.3 is 4.90 Å². The van der Waals surface area contributed by atoms with Crippen molar-refractivity contribution in [3.63, 3.8) is 0 Å². The molecular weight excluding hydrogens is 283 g/mol. The number of carbonyl (C=O) groups excluding carboxylic acids is 1. The number of piperidine rings is 1. The van der Waals surface area contributed by atoms with Gasteiger partial charge in [-0.1, -0.05) is 0 Å². The lowest BCUT2D eigenvalue weighted by Gasteiger charge is -2.32. The van der Waals surface area contributed by atoms with E-state index in [0.717, 1.165) is 24.1 Å². The fourth-order valence-electron chi connectivity index (χ4n) is 2.65. The van der Waals surface area contributed by atoms with E-state index in [1.165, 1.54) is 11.2 Å². The van der Waals surface area contributed by atoms with Gasteiger partial charge in [0.1, 0.15) is 6.33 Å². The summed E-state index contributed by atoms with van der Waals surface area (Å²) in [4.78, 5) is 21.5. The van der Waals surface area contributed by atoms with Crippen LogP contribution in [-0.4, -0.2) is 40.0 Å². The van der Waals surface area contributed by atoms with Gasteiger partial charge in [-0.15, -0.1) is 0 Å². The summed E-state index contributed by atoms with van der Waals surface area (Å²) >= 11 is 0. The van der Waals surface area contributed by atoms with Crippen molar-refractivity contribution in [2.24, 2.45) is 0 Å². The average molecular weight is 301 g/mol. The Morgan fingerprint density at radius 2 is 2.05 bits per heavy atom. The molecule has 1 fully saturated rings. The number of hydrogen-bond acceptors (Lipinski definition) is 3. The standard InChI is InChI=1S/C14H18F3N3O/c1-10-8-18-9-19-13(10)11-3-6-20(7-4-11)12(21)2-5-14(15,16)17/h8-9,11H,2-7H2,1H3. The summed E-state index contributed by atoms with van der Waals surface area (Å²) in [6.45, 7) is 2.92. The van der Waals surface area contributed by atoms with Crippen molar-refractivity contribution in [3.05, 3.63) is 23.8 Å². The van der Waals surface area contributed by atoms with E-state index < -0.39 is 24.9 Å². The highest BCUT2D eigenvalue weighted by Crippen LogP contribution is 2.29. The molecule has 1 saturated heterocycles. The van der Waals surface area contributed by atoms with Crippen LogP contribution in [-0.2, 0) is 4.79 Å². The Kier molecular flexibility index (Phi) is 4.80. The number of hydrogen-bond donors (Lipinski definition) is 0. The van der Waals surface area contributed by atoms with Crippen LogP contribution in [0.15, 0.2) is 12.5 Å². The summed E-state index contributed by atoms with van der Waals surface area (Å²) in [5.41, 5.74) is 1.99. The Labute approximate surface area is 121 Å². The molecule has 21 heavy (non-hydrogen) atoms. The van der Waals surface area contributed by atoms with Crippen molar-refractivity contribution in [1.82, 2.24) is 14.9 Å². The lowest BCUT2D eigenvalue weighted by molar-refractivity contribution is -0.149. The van der Waals surface area contributed by atoms with Gasteiger partial charge in [0.05, 0.1) is 6.42 Å². The zero-order valence-corrected chi connectivity index (χ0v) is 11.9. The highest BCUT2D eigenvalue weighted by molar-refractivity contribution is 5.76. The van der Waals surface area contributed by atoms with E-state index >= 15 is 0 Å². The summed E-state index contributed by atoms with van der Waals surface area (Å²) in [5.74, 6) is -0.162. The minimum absolute atomic E-state index is 0.250. The van der Waals surface area contributed by atoms with E-state index in [2.05, 4.69) is 9.97 Å². The molecule has 1 amide bonds. The molecule has 4 nitrogen and oxygen atoms in total. The SMILES string of the molecule is Cc1cncnc1C1CCN(C(=O)CCC(F)(F)F)CC1. The van der Waals surface area contributed by atoms with Crippen molar-refractivity contribution >= 4 is 5.91 Å². The quantitative estimate of drug-likeness (QED) is 0.862. The van der Waals surface area contributed by atoms with Gasteiger partial charge in [-0.05, 0) is 25.3 Å². The number of rotatable bonds is 3. The lowest BCUT2D eigenvalue weighted by Crippen LogP contribution is -2.38. The van der Waals surface area contributed by atoms with Crippen molar-refractivity contribution in [3.8, 4) is 0 Å². The monoisotopic (exact) mass is 301 g/mol. The molecule has 0 aromatic carbocycles. The molecule has 1 aromatic heterocycles. The molecular formula is C14H18F3N3O. The number of halogens is 3. The molecule has 2 heterocycles. The first kappa shape index (κ1) is 15.7. The number of aryl methyl sites for hydroxylation is 1. The molecule has 116 valence electrons. The van der Waals surface area contributed by atoms with Crippen LogP contribution in [0, 0.1) is 6.92 Å². The number of aromatic nitrogens is 2. The molecule has 2 rings (SSSR count). The van der Waals surface area contributed by atoms with E-state index in [1.54, 1.807) is 6.20 Å². The van der Waals surface area contributed by atoms with Crippen molar-refractivity contribution < 1.29 is 18.0 Å². The molecule has 0 radical (unpaired) electrons. The number of likely N-dealkylation sites (tertiary alicyclic amines) is 1. The Morgan fingerprint density at radius 1 is 1.38 bits per heavy atom. The summed E-state index contributed by atoms with van der Waals surface area (Å²) in [6.07, 6.45) is -1.05. The fourth-order valence-corrected chi connectivity index (χ4v) is 2.65. The Hall–Kier alpha value is -1.66. The maximum atomic E-state index is 12.1. The first-order valence-electron chi connectivity index (χ1n) is 6.98. The van der Waals surface area contributed by atoms with Crippen LogP contribution in [0.3, 0.4) is 0 Å². The number of nitrogens with zero attached hydrogens (tertiary/aromatic N) is 3. The summed E-state index contributed by atoms with van der Waals surface area (Å²) in [5, 5.41) is 0. The molecule has 0 atom stereocenters. The average Bonchev–Trinajstić information content (AvgIpc) is 2.45. The van der Waals surface area contributed by atoms with Gasteiger partial charge in [-0.25, -0.2) is 9.97 Å².